The number of amides is 1. The van der Waals surface area contributed by atoms with E-state index in [1.807, 2.05) is 85.8 Å². The lowest BCUT2D eigenvalue weighted by molar-refractivity contribution is -0.113. The molecule has 1 N–H and O–H groups in total. The van der Waals surface area contributed by atoms with Gasteiger partial charge in [0.05, 0.1) is 5.75 Å². The minimum Gasteiger partial charge on any atom is -0.416 e. The van der Waals surface area contributed by atoms with Crippen LogP contribution in [0.2, 0.25) is 0 Å². The molecule has 4 aromatic rings. The van der Waals surface area contributed by atoms with Crippen LogP contribution in [0.5, 0.6) is 0 Å². The third kappa shape index (κ3) is 4.92. The molecule has 5 nitrogen and oxygen atoms in total. The normalized spacial score (nSPS) is 10.7. The van der Waals surface area contributed by atoms with Crippen molar-refractivity contribution in [2.24, 2.45) is 0 Å². The predicted octanol–water partition coefficient (Wildman–Crippen LogP) is 5.44. The second-order valence-electron chi connectivity index (χ2n) is 6.51. The van der Waals surface area contributed by atoms with Crippen molar-refractivity contribution in [1.29, 1.82) is 0 Å². The van der Waals surface area contributed by atoms with E-state index in [1.165, 1.54) is 17.3 Å². The zero-order valence-electron chi connectivity index (χ0n) is 15.8. The monoisotopic (exact) mass is 401 g/mol. The maximum absolute atomic E-state index is 12.3. The van der Waals surface area contributed by atoms with E-state index in [2.05, 4.69) is 15.5 Å². The van der Waals surface area contributed by atoms with Gasteiger partial charge in [-0.25, -0.2) is 0 Å². The molecule has 1 amide bonds. The molecule has 0 spiro atoms. The van der Waals surface area contributed by atoms with Gasteiger partial charge in [0.2, 0.25) is 17.7 Å². The van der Waals surface area contributed by atoms with Crippen molar-refractivity contribution < 1.29 is 9.21 Å². The number of benzene rings is 3. The van der Waals surface area contributed by atoms with E-state index in [1.54, 1.807) is 0 Å². The molecule has 4 rings (SSSR count). The van der Waals surface area contributed by atoms with Gasteiger partial charge in [0, 0.05) is 21.7 Å². The lowest BCUT2D eigenvalue weighted by Gasteiger charge is -2.06. The van der Waals surface area contributed by atoms with Crippen molar-refractivity contribution in [2.45, 2.75) is 11.8 Å². The third-order valence-electron chi connectivity index (χ3n) is 4.23. The number of hydrogen-bond donors (Lipinski definition) is 1. The Labute approximate surface area is 173 Å². The Balaban J connectivity index is 1.41. The summed E-state index contributed by atoms with van der Waals surface area (Å²) in [5.41, 5.74) is 3.51. The van der Waals surface area contributed by atoms with Gasteiger partial charge in [-0.3, -0.25) is 4.79 Å². The van der Waals surface area contributed by atoms with Gasteiger partial charge in [0.1, 0.15) is 0 Å². The van der Waals surface area contributed by atoms with Crippen molar-refractivity contribution in [3.05, 3.63) is 84.4 Å². The van der Waals surface area contributed by atoms with Gasteiger partial charge in [-0.15, -0.1) is 22.0 Å². The van der Waals surface area contributed by atoms with Crippen molar-refractivity contribution in [3.63, 3.8) is 0 Å². The molecular formula is C23H19N3O2S. The first kappa shape index (κ1) is 19.0. The maximum atomic E-state index is 12.3. The van der Waals surface area contributed by atoms with E-state index in [0.717, 1.165) is 16.0 Å². The molecule has 144 valence electrons. The second-order valence-corrected chi connectivity index (χ2v) is 7.56. The summed E-state index contributed by atoms with van der Waals surface area (Å²) in [5.74, 6) is 1.15. The number of nitrogens with one attached hydrogen (secondary N) is 1. The number of aromatic nitrogens is 2. The first-order chi connectivity index (χ1) is 14.2. The van der Waals surface area contributed by atoms with Crippen molar-refractivity contribution >= 4 is 23.4 Å². The molecule has 6 heteroatoms. The zero-order valence-corrected chi connectivity index (χ0v) is 16.6. The molecule has 0 radical (unpaired) electrons. The molecule has 29 heavy (non-hydrogen) atoms. The summed E-state index contributed by atoms with van der Waals surface area (Å²) in [6, 6.07) is 25.1. The molecule has 1 aromatic heterocycles. The van der Waals surface area contributed by atoms with Gasteiger partial charge in [-0.2, -0.15) is 0 Å². The molecule has 0 saturated heterocycles. The van der Waals surface area contributed by atoms with Crippen LogP contribution in [0.25, 0.3) is 22.9 Å². The molecule has 0 bridgehead atoms. The smallest absolute Gasteiger partial charge is 0.248 e. The second kappa shape index (κ2) is 8.75. The molecule has 1 heterocycles. The van der Waals surface area contributed by atoms with E-state index in [-0.39, 0.29) is 5.91 Å². The average Bonchev–Trinajstić information content (AvgIpc) is 3.25. The van der Waals surface area contributed by atoms with E-state index >= 15 is 0 Å². The summed E-state index contributed by atoms with van der Waals surface area (Å²) in [6.07, 6.45) is 0. The number of aryl methyl sites for hydroxylation is 1. The van der Waals surface area contributed by atoms with Crippen molar-refractivity contribution in [1.82, 2.24) is 10.2 Å². The number of anilines is 1. The summed E-state index contributed by atoms with van der Waals surface area (Å²) in [7, 11) is 0. The van der Waals surface area contributed by atoms with Gasteiger partial charge in [0.15, 0.2) is 0 Å². The minimum atomic E-state index is -0.0665. The minimum absolute atomic E-state index is 0.0665. The quantitative estimate of drug-likeness (QED) is 0.436. The standard InChI is InChI=1S/C23H19N3O2S/c1-16-10-12-20(13-11-16)29-15-21(27)24-19-9-5-8-18(14-19)23-26-25-22(28-23)17-6-3-2-4-7-17/h2-14H,15H2,1H3,(H,24,27). The number of hydrogen-bond acceptors (Lipinski definition) is 5. The Bertz CT molecular complexity index is 1110. The van der Waals surface area contributed by atoms with Crippen molar-refractivity contribution in [3.8, 4) is 22.9 Å². The summed E-state index contributed by atoms with van der Waals surface area (Å²) in [5, 5.41) is 11.2. The lowest BCUT2D eigenvalue weighted by Crippen LogP contribution is -2.13. The fourth-order valence-corrected chi connectivity index (χ4v) is 3.45. The van der Waals surface area contributed by atoms with Crippen molar-refractivity contribution in [2.75, 3.05) is 11.1 Å². The van der Waals surface area contributed by atoms with Gasteiger partial charge in [-0.1, -0.05) is 42.0 Å². The Kier molecular flexibility index (Phi) is 5.72. The van der Waals surface area contributed by atoms with Gasteiger partial charge >= 0.3 is 0 Å². The SMILES string of the molecule is Cc1ccc(SCC(=O)Nc2cccc(-c3nnc(-c4ccccc4)o3)c2)cc1. The highest BCUT2D eigenvalue weighted by atomic mass is 32.2. The van der Waals surface area contributed by atoms with Crippen LogP contribution in [-0.4, -0.2) is 21.9 Å². The fraction of sp³-hybridized carbons (Fsp3) is 0.0870. The lowest BCUT2D eigenvalue weighted by atomic mass is 10.2. The highest BCUT2D eigenvalue weighted by Gasteiger charge is 2.11. The Morgan fingerprint density at radius 3 is 2.34 bits per heavy atom. The molecule has 0 unspecified atom stereocenters. The van der Waals surface area contributed by atoms with E-state index < -0.39 is 0 Å². The molecule has 3 aromatic carbocycles. The maximum Gasteiger partial charge on any atom is 0.248 e. The molecule has 0 saturated carbocycles. The molecule has 0 aliphatic heterocycles. The largest absolute Gasteiger partial charge is 0.416 e. The van der Waals surface area contributed by atoms with Gasteiger partial charge in [0.25, 0.3) is 0 Å². The zero-order chi connectivity index (χ0) is 20.1. The highest BCUT2D eigenvalue weighted by molar-refractivity contribution is 8.00. The van der Waals surface area contributed by atoms with Crippen LogP contribution in [0.4, 0.5) is 5.69 Å². The predicted molar refractivity (Wildman–Crippen MR) is 116 cm³/mol. The van der Waals surface area contributed by atoms with E-state index in [9.17, 15) is 4.79 Å². The first-order valence-corrected chi connectivity index (χ1v) is 10.1. The van der Waals surface area contributed by atoms with Crippen LogP contribution in [0.15, 0.2) is 88.2 Å². The molecule has 0 fully saturated rings. The third-order valence-corrected chi connectivity index (χ3v) is 5.24. The Hall–Kier alpha value is -3.38. The van der Waals surface area contributed by atoms with Crippen LogP contribution in [0.1, 0.15) is 5.56 Å². The van der Waals surface area contributed by atoms with E-state index in [4.69, 9.17) is 4.42 Å². The Morgan fingerprint density at radius 2 is 1.59 bits per heavy atom. The molecule has 0 aliphatic carbocycles. The number of nitrogens with zero attached hydrogens (tertiary/aromatic N) is 2. The number of rotatable bonds is 6. The molecular weight excluding hydrogens is 382 g/mol. The average molecular weight is 401 g/mol. The fourth-order valence-electron chi connectivity index (χ4n) is 2.75. The number of thioether (sulfide) groups is 1. The summed E-state index contributed by atoms with van der Waals surface area (Å²) in [6.45, 7) is 2.04. The van der Waals surface area contributed by atoms with Crippen LogP contribution in [0.3, 0.4) is 0 Å². The van der Waals surface area contributed by atoms with Crippen LogP contribution in [-0.2, 0) is 4.79 Å². The summed E-state index contributed by atoms with van der Waals surface area (Å²) < 4.78 is 5.79. The highest BCUT2D eigenvalue weighted by Crippen LogP contribution is 2.26. The molecule has 0 aliphatic rings. The topological polar surface area (TPSA) is 68.0 Å². The first-order valence-electron chi connectivity index (χ1n) is 9.16. The van der Waals surface area contributed by atoms with Crippen LogP contribution < -0.4 is 5.32 Å². The van der Waals surface area contributed by atoms with Gasteiger partial charge < -0.3 is 9.73 Å². The molecule has 0 atom stereocenters. The van der Waals surface area contributed by atoms with Gasteiger partial charge in [-0.05, 0) is 49.4 Å². The van der Waals surface area contributed by atoms with E-state index in [0.29, 0.717) is 23.2 Å². The number of carbonyl (C=O) groups is 1. The number of carbonyl (C=O) groups excluding carboxylic acids is 1. The Morgan fingerprint density at radius 1 is 0.897 bits per heavy atom. The summed E-state index contributed by atoms with van der Waals surface area (Å²) in [4.78, 5) is 13.4. The summed E-state index contributed by atoms with van der Waals surface area (Å²) >= 11 is 1.51. The van der Waals surface area contributed by atoms with Crippen LogP contribution >= 0.6 is 11.8 Å². The van der Waals surface area contributed by atoms with Crippen LogP contribution in [0, 0.1) is 6.92 Å².